The molecule has 3 nitrogen and oxygen atoms in total. The lowest BCUT2D eigenvalue weighted by Gasteiger charge is -2.46. The Labute approximate surface area is 140 Å². The molecule has 2 saturated heterocycles. The van der Waals surface area contributed by atoms with Crippen LogP contribution >= 0.6 is 27.5 Å². The van der Waals surface area contributed by atoms with Crippen molar-refractivity contribution in [2.45, 2.75) is 31.3 Å². The van der Waals surface area contributed by atoms with Crippen molar-refractivity contribution in [3.8, 4) is 0 Å². The van der Waals surface area contributed by atoms with Crippen LogP contribution in [0.25, 0.3) is 0 Å². The second-order valence-corrected chi connectivity index (χ2v) is 7.42. The Hall–Kier alpha value is -0.130. The third-order valence-electron chi connectivity index (χ3n) is 4.85. The van der Waals surface area contributed by atoms with Crippen LogP contribution in [0, 0.1) is 0 Å². The number of rotatable bonds is 3. The third-order valence-corrected chi connectivity index (χ3v) is 5.69. The van der Waals surface area contributed by atoms with Gasteiger partial charge in [-0.15, -0.1) is 0 Å². The maximum absolute atomic E-state index is 6.41. The molecular weight excluding hydrogens is 350 g/mol. The molecule has 116 valence electrons. The van der Waals surface area contributed by atoms with E-state index < -0.39 is 0 Å². The SMILES string of the molecule is NCC(c1cc(Br)ccc1Cl)N1CCN2CCCCC2C1. The molecule has 2 unspecified atom stereocenters. The molecule has 2 heterocycles. The van der Waals surface area contributed by atoms with Crippen molar-refractivity contribution >= 4 is 27.5 Å². The van der Waals surface area contributed by atoms with Crippen LogP contribution in [0.1, 0.15) is 30.9 Å². The van der Waals surface area contributed by atoms with Gasteiger partial charge in [-0.25, -0.2) is 0 Å². The first kappa shape index (κ1) is 15.8. The van der Waals surface area contributed by atoms with Gasteiger partial charge >= 0.3 is 0 Å². The molecule has 0 aromatic heterocycles. The number of halogens is 2. The number of nitrogens with zero attached hydrogens (tertiary/aromatic N) is 2. The Balaban J connectivity index is 1.78. The molecule has 2 aliphatic heterocycles. The summed E-state index contributed by atoms with van der Waals surface area (Å²) >= 11 is 9.96. The standard InChI is InChI=1S/C16H23BrClN3/c17-12-4-5-15(18)14(9-12)16(10-19)21-8-7-20-6-2-1-3-13(20)11-21/h4-5,9,13,16H,1-3,6-8,10-11,19H2. The highest BCUT2D eigenvalue weighted by atomic mass is 79.9. The maximum Gasteiger partial charge on any atom is 0.0486 e. The molecule has 0 saturated carbocycles. The van der Waals surface area contributed by atoms with Gasteiger partial charge in [-0.3, -0.25) is 9.80 Å². The van der Waals surface area contributed by atoms with Gasteiger partial charge in [-0.2, -0.15) is 0 Å². The smallest absolute Gasteiger partial charge is 0.0486 e. The molecule has 1 aromatic carbocycles. The van der Waals surface area contributed by atoms with Crippen molar-refractivity contribution in [2.24, 2.45) is 5.73 Å². The normalized spacial score (nSPS) is 25.6. The quantitative estimate of drug-likeness (QED) is 0.884. The summed E-state index contributed by atoms with van der Waals surface area (Å²) in [4.78, 5) is 5.18. The van der Waals surface area contributed by atoms with Crippen LogP contribution in [-0.2, 0) is 0 Å². The molecule has 5 heteroatoms. The van der Waals surface area contributed by atoms with Gasteiger partial charge in [0, 0.05) is 47.8 Å². The summed E-state index contributed by atoms with van der Waals surface area (Å²) in [5.74, 6) is 0. The number of piperazine rings is 1. The minimum atomic E-state index is 0.221. The van der Waals surface area contributed by atoms with Crippen molar-refractivity contribution in [3.05, 3.63) is 33.3 Å². The van der Waals surface area contributed by atoms with Gasteiger partial charge in [-0.05, 0) is 43.1 Å². The van der Waals surface area contributed by atoms with E-state index in [4.69, 9.17) is 17.3 Å². The van der Waals surface area contributed by atoms with Gasteiger partial charge in [0.2, 0.25) is 0 Å². The predicted octanol–water partition coefficient (Wildman–Crippen LogP) is 3.27. The molecule has 0 amide bonds. The van der Waals surface area contributed by atoms with Gasteiger partial charge in [0.25, 0.3) is 0 Å². The van der Waals surface area contributed by atoms with Crippen molar-refractivity contribution in [3.63, 3.8) is 0 Å². The van der Waals surface area contributed by atoms with Gasteiger partial charge in [0.05, 0.1) is 0 Å². The van der Waals surface area contributed by atoms with E-state index in [1.165, 1.54) is 25.8 Å². The number of piperidine rings is 1. The van der Waals surface area contributed by atoms with E-state index in [2.05, 4.69) is 31.8 Å². The summed E-state index contributed by atoms with van der Waals surface area (Å²) in [5.41, 5.74) is 7.24. The lowest BCUT2D eigenvalue weighted by atomic mass is 9.97. The van der Waals surface area contributed by atoms with E-state index in [1.54, 1.807) is 0 Å². The minimum absolute atomic E-state index is 0.221. The molecule has 0 aliphatic carbocycles. The largest absolute Gasteiger partial charge is 0.329 e. The highest BCUT2D eigenvalue weighted by molar-refractivity contribution is 9.10. The zero-order valence-corrected chi connectivity index (χ0v) is 14.6. The summed E-state index contributed by atoms with van der Waals surface area (Å²) < 4.78 is 1.07. The highest BCUT2D eigenvalue weighted by Gasteiger charge is 2.32. The second-order valence-electron chi connectivity index (χ2n) is 6.10. The van der Waals surface area contributed by atoms with Crippen molar-refractivity contribution < 1.29 is 0 Å². The molecule has 1 aromatic rings. The lowest BCUT2D eigenvalue weighted by Crippen LogP contribution is -2.56. The molecule has 3 rings (SSSR count). The zero-order chi connectivity index (χ0) is 14.8. The summed E-state index contributed by atoms with van der Waals surface area (Å²) in [7, 11) is 0. The molecule has 2 N–H and O–H groups in total. The molecule has 2 fully saturated rings. The summed E-state index contributed by atoms with van der Waals surface area (Å²) in [6.07, 6.45) is 4.04. The lowest BCUT2D eigenvalue weighted by molar-refractivity contribution is 0.0286. The first-order chi connectivity index (χ1) is 10.2. The Kier molecular flexibility index (Phi) is 5.23. The van der Waals surface area contributed by atoms with Crippen molar-refractivity contribution in [1.82, 2.24) is 9.80 Å². The molecule has 2 atom stereocenters. The van der Waals surface area contributed by atoms with Crippen LogP contribution in [-0.4, -0.2) is 48.6 Å². The van der Waals surface area contributed by atoms with Crippen molar-refractivity contribution in [1.29, 1.82) is 0 Å². The third kappa shape index (κ3) is 3.45. The van der Waals surface area contributed by atoms with Gasteiger partial charge in [0.1, 0.15) is 0 Å². The number of hydrogen-bond acceptors (Lipinski definition) is 3. The average molecular weight is 373 g/mol. The summed E-state index contributed by atoms with van der Waals surface area (Å²) in [6.45, 7) is 5.24. The molecule has 0 spiro atoms. The van der Waals surface area contributed by atoms with Gasteiger partial charge in [-0.1, -0.05) is 34.0 Å². The average Bonchev–Trinajstić information content (AvgIpc) is 2.51. The van der Waals surface area contributed by atoms with Crippen LogP contribution < -0.4 is 5.73 Å². The van der Waals surface area contributed by atoms with E-state index in [1.807, 2.05) is 12.1 Å². The monoisotopic (exact) mass is 371 g/mol. The van der Waals surface area contributed by atoms with E-state index in [0.29, 0.717) is 12.6 Å². The Morgan fingerprint density at radius 1 is 1.29 bits per heavy atom. The number of fused-ring (bicyclic) bond motifs is 1. The molecule has 0 bridgehead atoms. The number of nitrogens with two attached hydrogens (primary N) is 1. The van der Waals surface area contributed by atoms with E-state index >= 15 is 0 Å². The van der Waals surface area contributed by atoms with E-state index in [-0.39, 0.29) is 6.04 Å². The fourth-order valence-corrected chi connectivity index (χ4v) is 4.33. The van der Waals surface area contributed by atoms with Crippen LogP contribution in [0.3, 0.4) is 0 Å². The summed E-state index contributed by atoms with van der Waals surface area (Å²) in [5, 5.41) is 0.819. The Morgan fingerprint density at radius 3 is 2.95 bits per heavy atom. The topological polar surface area (TPSA) is 32.5 Å². The van der Waals surface area contributed by atoms with Crippen LogP contribution in [0.5, 0.6) is 0 Å². The molecule has 0 radical (unpaired) electrons. The molecule has 2 aliphatic rings. The van der Waals surface area contributed by atoms with E-state index in [0.717, 1.165) is 34.7 Å². The van der Waals surface area contributed by atoms with Crippen LogP contribution in [0.4, 0.5) is 0 Å². The van der Waals surface area contributed by atoms with Crippen LogP contribution in [0.2, 0.25) is 5.02 Å². The minimum Gasteiger partial charge on any atom is -0.329 e. The first-order valence-corrected chi connectivity index (χ1v) is 8.99. The second kappa shape index (κ2) is 6.97. The van der Waals surface area contributed by atoms with Gasteiger partial charge < -0.3 is 5.73 Å². The molecule has 21 heavy (non-hydrogen) atoms. The maximum atomic E-state index is 6.41. The van der Waals surface area contributed by atoms with E-state index in [9.17, 15) is 0 Å². The fourth-order valence-electron chi connectivity index (χ4n) is 3.71. The Bertz CT molecular complexity index is 496. The highest BCUT2D eigenvalue weighted by Crippen LogP contribution is 2.32. The number of benzene rings is 1. The fraction of sp³-hybridized carbons (Fsp3) is 0.625. The first-order valence-electron chi connectivity index (χ1n) is 7.82. The summed E-state index contributed by atoms with van der Waals surface area (Å²) in [6, 6.07) is 6.98. The Morgan fingerprint density at radius 2 is 2.14 bits per heavy atom. The number of hydrogen-bond donors (Lipinski definition) is 1. The predicted molar refractivity (Wildman–Crippen MR) is 91.7 cm³/mol. The zero-order valence-electron chi connectivity index (χ0n) is 12.3. The molecular formula is C16H23BrClN3. The van der Waals surface area contributed by atoms with Gasteiger partial charge in [0.15, 0.2) is 0 Å². The van der Waals surface area contributed by atoms with Crippen LogP contribution in [0.15, 0.2) is 22.7 Å². The van der Waals surface area contributed by atoms with Crippen molar-refractivity contribution in [2.75, 3.05) is 32.7 Å².